The summed E-state index contributed by atoms with van der Waals surface area (Å²) >= 11 is 5.99. The van der Waals surface area contributed by atoms with Crippen molar-refractivity contribution in [2.75, 3.05) is 6.54 Å². The molecule has 0 saturated carbocycles. The largest absolute Gasteiger partial charge is 0.487 e. The fraction of sp³-hybridized carbons (Fsp3) is 0.214. The fourth-order valence-electron chi connectivity index (χ4n) is 1.81. The number of nitrogens with two attached hydrogens (primary N) is 1. The maximum atomic E-state index is 11.0. The predicted octanol–water partition coefficient (Wildman–Crippen LogP) is 2.72. The molecule has 0 aliphatic heterocycles. The van der Waals surface area contributed by atoms with E-state index in [0.717, 1.165) is 5.69 Å². The molecule has 2 rings (SSSR count). The van der Waals surface area contributed by atoms with E-state index < -0.39 is 4.92 Å². The number of pyridine rings is 1. The van der Waals surface area contributed by atoms with Crippen LogP contribution in [-0.4, -0.2) is 16.5 Å². The van der Waals surface area contributed by atoms with Crippen molar-refractivity contribution in [3.05, 3.63) is 62.9 Å². The molecule has 0 fully saturated rings. The minimum absolute atomic E-state index is 0.00784. The molecular weight excluding hydrogens is 294 g/mol. The lowest BCUT2D eigenvalue weighted by atomic mass is 10.2. The van der Waals surface area contributed by atoms with Gasteiger partial charge in [-0.25, -0.2) is 0 Å². The number of nitrogens with zero attached hydrogens (tertiary/aromatic N) is 2. The average molecular weight is 308 g/mol. The van der Waals surface area contributed by atoms with Gasteiger partial charge in [-0.05, 0) is 24.7 Å². The third-order valence-corrected chi connectivity index (χ3v) is 3.23. The van der Waals surface area contributed by atoms with Gasteiger partial charge in [0, 0.05) is 18.2 Å². The van der Waals surface area contributed by atoms with Crippen molar-refractivity contribution < 1.29 is 9.66 Å². The van der Waals surface area contributed by atoms with Gasteiger partial charge in [-0.2, -0.15) is 0 Å². The van der Waals surface area contributed by atoms with Gasteiger partial charge in [-0.3, -0.25) is 15.1 Å². The highest BCUT2D eigenvalue weighted by molar-refractivity contribution is 6.31. The molecule has 7 heteroatoms. The van der Waals surface area contributed by atoms with Crippen LogP contribution in [0.1, 0.15) is 11.3 Å². The summed E-state index contributed by atoms with van der Waals surface area (Å²) < 4.78 is 5.51. The molecular formula is C14H14ClN3O3. The molecule has 110 valence electrons. The van der Waals surface area contributed by atoms with E-state index >= 15 is 0 Å². The van der Waals surface area contributed by atoms with Crippen LogP contribution in [0.4, 0.5) is 5.69 Å². The smallest absolute Gasteiger partial charge is 0.277 e. The number of nitro benzene ring substituents is 1. The summed E-state index contributed by atoms with van der Waals surface area (Å²) in [4.78, 5) is 14.7. The Morgan fingerprint density at radius 1 is 1.33 bits per heavy atom. The van der Waals surface area contributed by atoms with Crippen molar-refractivity contribution in [2.24, 2.45) is 5.73 Å². The summed E-state index contributed by atoms with van der Waals surface area (Å²) in [5.41, 5.74) is 6.60. The van der Waals surface area contributed by atoms with E-state index in [1.807, 2.05) is 6.07 Å². The molecule has 0 aliphatic rings. The minimum atomic E-state index is -0.479. The number of rotatable bonds is 6. The second-order valence-corrected chi connectivity index (χ2v) is 4.71. The topological polar surface area (TPSA) is 91.3 Å². The summed E-state index contributed by atoms with van der Waals surface area (Å²) in [5, 5.41) is 11.3. The van der Waals surface area contributed by atoms with E-state index in [1.54, 1.807) is 18.3 Å². The summed E-state index contributed by atoms with van der Waals surface area (Å²) in [5.74, 6) is 0.519. The third kappa shape index (κ3) is 3.90. The molecule has 2 aromatic rings. The van der Waals surface area contributed by atoms with Crippen molar-refractivity contribution in [3.8, 4) is 5.75 Å². The molecule has 0 bridgehead atoms. The van der Waals surface area contributed by atoms with Crippen molar-refractivity contribution in [3.63, 3.8) is 0 Å². The van der Waals surface area contributed by atoms with E-state index in [0.29, 0.717) is 29.3 Å². The highest BCUT2D eigenvalue weighted by Gasteiger charge is 2.17. The van der Waals surface area contributed by atoms with E-state index in [-0.39, 0.29) is 12.3 Å². The van der Waals surface area contributed by atoms with Crippen LogP contribution in [0.15, 0.2) is 36.5 Å². The molecule has 0 unspecified atom stereocenters. The van der Waals surface area contributed by atoms with Crippen molar-refractivity contribution in [1.29, 1.82) is 0 Å². The molecule has 2 N–H and O–H groups in total. The number of benzene rings is 1. The van der Waals surface area contributed by atoms with E-state index in [9.17, 15) is 10.1 Å². The average Bonchev–Trinajstić information content (AvgIpc) is 2.47. The highest BCUT2D eigenvalue weighted by Crippen LogP contribution is 2.27. The van der Waals surface area contributed by atoms with Crippen LogP contribution in [0.3, 0.4) is 0 Å². The third-order valence-electron chi connectivity index (χ3n) is 2.87. The summed E-state index contributed by atoms with van der Waals surface area (Å²) in [6.07, 6.45) is 2.25. The summed E-state index contributed by atoms with van der Waals surface area (Å²) in [7, 11) is 0. The Hall–Kier alpha value is -2.18. The van der Waals surface area contributed by atoms with E-state index in [4.69, 9.17) is 22.1 Å². The van der Waals surface area contributed by atoms with Crippen molar-refractivity contribution in [2.45, 2.75) is 13.0 Å². The van der Waals surface area contributed by atoms with Gasteiger partial charge in [-0.15, -0.1) is 0 Å². The van der Waals surface area contributed by atoms with Gasteiger partial charge in [0.25, 0.3) is 5.69 Å². The van der Waals surface area contributed by atoms with Crippen LogP contribution in [0.25, 0.3) is 0 Å². The Balaban J connectivity index is 2.11. The first-order valence-electron chi connectivity index (χ1n) is 6.31. The van der Waals surface area contributed by atoms with Crippen LogP contribution < -0.4 is 10.5 Å². The monoisotopic (exact) mass is 307 g/mol. The summed E-state index contributed by atoms with van der Waals surface area (Å²) in [6, 6.07) is 8.08. The zero-order chi connectivity index (χ0) is 15.2. The molecule has 6 nitrogen and oxygen atoms in total. The van der Waals surface area contributed by atoms with Gasteiger partial charge in [0.1, 0.15) is 12.4 Å². The Morgan fingerprint density at radius 2 is 2.14 bits per heavy atom. The number of hydrogen-bond donors (Lipinski definition) is 1. The zero-order valence-corrected chi connectivity index (χ0v) is 11.9. The first-order chi connectivity index (χ1) is 10.1. The first kappa shape index (κ1) is 15.2. The molecule has 1 heterocycles. The number of halogens is 1. The van der Waals surface area contributed by atoms with Gasteiger partial charge in [-0.1, -0.05) is 17.7 Å². The van der Waals surface area contributed by atoms with Crippen molar-refractivity contribution >= 4 is 17.3 Å². The zero-order valence-electron chi connectivity index (χ0n) is 11.2. The number of aromatic nitrogens is 1. The maximum absolute atomic E-state index is 11.0. The Bertz CT molecular complexity index is 632. The summed E-state index contributed by atoms with van der Waals surface area (Å²) in [6.45, 7) is 0.535. The van der Waals surface area contributed by atoms with Crippen LogP contribution in [0.5, 0.6) is 5.75 Å². The molecule has 0 saturated heterocycles. The molecule has 0 radical (unpaired) electrons. The quantitative estimate of drug-likeness (QED) is 0.654. The molecule has 1 aromatic carbocycles. The number of nitro groups is 1. The van der Waals surface area contributed by atoms with E-state index in [1.165, 1.54) is 12.1 Å². The second kappa shape index (κ2) is 7.01. The Labute approximate surface area is 126 Å². The first-order valence-corrected chi connectivity index (χ1v) is 6.69. The van der Waals surface area contributed by atoms with Gasteiger partial charge in [0.05, 0.1) is 21.7 Å². The second-order valence-electron chi connectivity index (χ2n) is 4.31. The van der Waals surface area contributed by atoms with Crippen LogP contribution in [-0.2, 0) is 13.0 Å². The van der Waals surface area contributed by atoms with E-state index in [2.05, 4.69) is 4.98 Å². The molecule has 0 spiro atoms. The fourth-order valence-corrected chi connectivity index (χ4v) is 2.03. The molecule has 0 amide bonds. The lowest BCUT2D eigenvalue weighted by molar-refractivity contribution is -0.385. The number of hydrogen-bond acceptors (Lipinski definition) is 5. The van der Waals surface area contributed by atoms with Crippen LogP contribution >= 0.6 is 11.6 Å². The molecule has 0 atom stereocenters. The van der Waals surface area contributed by atoms with Crippen molar-refractivity contribution in [1.82, 2.24) is 4.98 Å². The molecule has 1 aromatic heterocycles. The SMILES string of the molecule is NCCc1ccc(OCc2c(Cl)cccc2[N+](=O)[O-])cn1. The van der Waals surface area contributed by atoms with Gasteiger partial charge < -0.3 is 10.5 Å². The highest BCUT2D eigenvalue weighted by atomic mass is 35.5. The van der Waals surface area contributed by atoms with Gasteiger partial charge in [0.2, 0.25) is 0 Å². The van der Waals surface area contributed by atoms with Crippen LogP contribution in [0.2, 0.25) is 5.02 Å². The molecule has 21 heavy (non-hydrogen) atoms. The lowest BCUT2D eigenvalue weighted by Crippen LogP contribution is -2.05. The Kier molecular flexibility index (Phi) is 5.08. The normalized spacial score (nSPS) is 10.4. The standard InChI is InChI=1S/C14H14ClN3O3/c15-13-2-1-3-14(18(19)20)12(13)9-21-11-5-4-10(6-7-16)17-8-11/h1-5,8H,6-7,9,16H2. The Morgan fingerprint density at radius 3 is 2.76 bits per heavy atom. The molecule has 0 aliphatic carbocycles. The maximum Gasteiger partial charge on any atom is 0.277 e. The van der Waals surface area contributed by atoms with Gasteiger partial charge >= 0.3 is 0 Å². The lowest BCUT2D eigenvalue weighted by Gasteiger charge is -2.08. The minimum Gasteiger partial charge on any atom is -0.487 e. The van der Waals surface area contributed by atoms with Crippen LogP contribution in [0, 0.1) is 10.1 Å². The number of ether oxygens (including phenoxy) is 1. The predicted molar refractivity (Wildman–Crippen MR) is 79.4 cm³/mol. The van der Waals surface area contributed by atoms with Gasteiger partial charge in [0.15, 0.2) is 0 Å².